The Labute approximate surface area is 222 Å². The molecule has 0 aliphatic carbocycles. The minimum Gasteiger partial charge on any atom is -0.454 e. The molecule has 0 radical (unpaired) electrons. The average molecular weight is 532 g/mol. The maximum absolute atomic E-state index is 14.3. The van der Waals surface area contributed by atoms with E-state index in [-0.39, 0.29) is 23.2 Å². The van der Waals surface area contributed by atoms with Crippen LogP contribution in [0.15, 0.2) is 42.7 Å². The van der Waals surface area contributed by atoms with Crippen LogP contribution in [-0.2, 0) is 19.5 Å². The van der Waals surface area contributed by atoms with Crippen molar-refractivity contribution in [3.8, 4) is 11.5 Å². The van der Waals surface area contributed by atoms with Crippen LogP contribution in [-0.4, -0.2) is 64.3 Å². The summed E-state index contributed by atoms with van der Waals surface area (Å²) in [7, 11) is 0. The Hall–Kier alpha value is -4.45. The Kier molecular flexibility index (Phi) is 5.69. The van der Waals surface area contributed by atoms with Crippen LogP contribution in [0.5, 0.6) is 11.5 Å². The molecule has 1 N–H and O–H groups in total. The zero-order valence-electron chi connectivity index (χ0n) is 21.1. The zero-order valence-corrected chi connectivity index (χ0v) is 21.1. The van der Waals surface area contributed by atoms with Crippen molar-refractivity contribution in [1.82, 2.24) is 19.9 Å². The third-order valence-electron chi connectivity index (χ3n) is 7.74. The maximum atomic E-state index is 14.3. The predicted molar refractivity (Wildman–Crippen MR) is 142 cm³/mol. The van der Waals surface area contributed by atoms with Crippen LogP contribution in [0.2, 0.25) is 0 Å². The van der Waals surface area contributed by atoms with Crippen molar-refractivity contribution in [3.63, 3.8) is 0 Å². The van der Waals surface area contributed by atoms with Crippen LogP contribution in [0.25, 0.3) is 10.9 Å². The molecule has 0 saturated carbocycles. The summed E-state index contributed by atoms with van der Waals surface area (Å²) in [4.78, 5) is 30.1. The molecule has 11 nitrogen and oxygen atoms in total. The number of benzene rings is 2. The summed E-state index contributed by atoms with van der Waals surface area (Å²) in [6.07, 6.45) is 2.01. The van der Waals surface area contributed by atoms with Gasteiger partial charge in [0.05, 0.1) is 10.4 Å². The molecule has 3 aliphatic heterocycles. The first kappa shape index (κ1) is 23.7. The minimum absolute atomic E-state index is 0.0869. The molecule has 0 spiro atoms. The lowest BCUT2D eigenvalue weighted by Gasteiger charge is -2.35. The average Bonchev–Trinajstić information content (AvgIpc) is 3.58. The Balaban J connectivity index is 1.10. The summed E-state index contributed by atoms with van der Waals surface area (Å²) in [5.74, 6) is 1.85. The molecule has 0 amide bonds. The number of piperazine rings is 1. The summed E-state index contributed by atoms with van der Waals surface area (Å²) in [6.45, 7) is 4.61. The highest BCUT2D eigenvalue weighted by Crippen LogP contribution is 2.38. The van der Waals surface area contributed by atoms with Crippen molar-refractivity contribution < 1.29 is 18.8 Å². The highest BCUT2D eigenvalue weighted by atomic mass is 19.1. The number of fused-ring (bicyclic) bond motifs is 4. The van der Waals surface area contributed by atoms with Gasteiger partial charge in [0.2, 0.25) is 18.4 Å². The number of nitro groups is 1. The van der Waals surface area contributed by atoms with Crippen molar-refractivity contribution in [2.24, 2.45) is 0 Å². The number of halogens is 1. The van der Waals surface area contributed by atoms with Crippen LogP contribution in [0, 0.1) is 15.9 Å². The van der Waals surface area contributed by atoms with Gasteiger partial charge >= 0.3 is 5.69 Å². The van der Waals surface area contributed by atoms with Gasteiger partial charge in [0.1, 0.15) is 12.1 Å². The number of aromatic nitrogens is 3. The quantitative estimate of drug-likeness (QED) is 0.305. The van der Waals surface area contributed by atoms with Gasteiger partial charge in [0.25, 0.3) is 0 Å². The lowest BCUT2D eigenvalue weighted by atomic mass is 10.0. The van der Waals surface area contributed by atoms with Crippen molar-refractivity contribution in [2.45, 2.75) is 19.5 Å². The summed E-state index contributed by atoms with van der Waals surface area (Å²) < 4.78 is 25.2. The van der Waals surface area contributed by atoms with Crippen LogP contribution in [0.3, 0.4) is 0 Å². The second kappa shape index (κ2) is 9.38. The first-order valence-corrected chi connectivity index (χ1v) is 12.9. The van der Waals surface area contributed by atoms with Gasteiger partial charge in [0, 0.05) is 68.9 Å². The van der Waals surface area contributed by atoms with Gasteiger partial charge in [-0.3, -0.25) is 15.0 Å². The highest BCUT2D eigenvalue weighted by Gasteiger charge is 2.33. The van der Waals surface area contributed by atoms with E-state index in [4.69, 9.17) is 9.47 Å². The molecule has 3 aliphatic rings. The summed E-state index contributed by atoms with van der Waals surface area (Å²) >= 11 is 0. The van der Waals surface area contributed by atoms with Crippen molar-refractivity contribution >= 4 is 28.2 Å². The highest BCUT2D eigenvalue weighted by molar-refractivity contribution is 5.86. The van der Waals surface area contributed by atoms with Crippen LogP contribution >= 0.6 is 0 Å². The SMILES string of the molecule is O=[N+]([O-])c1c(N2CCN(Cc3ccc4c(c3)OCO4)CC2)ncnc1N1CCc2[nH]c3c(F)cccc3c2C1. The molecule has 2 aromatic heterocycles. The fraction of sp³-hybridized carbons (Fsp3) is 0.333. The van der Waals surface area contributed by atoms with E-state index in [0.717, 1.165) is 53.3 Å². The van der Waals surface area contributed by atoms with E-state index < -0.39 is 0 Å². The number of nitrogens with zero attached hydrogens (tertiary/aromatic N) is 6. The number of rotatable bonds is 5. The lowest BCUT2D eigenvalue weighted by molar-refractivity contribution is -0.383. The van der Waals surface area contributed by atoms with Gasteiger partial charge < -0.3 is 24.3 Å². The van der Waals surface area contributed by atoms with E-state index in [1.54, 1.807) is 6.07 Å². The Bertz CT molecular complexity index is 1580. The monoisotopic (exact) mass is 531 g/mol. The molecule has 0 atom stereocenters. The Morgan fingerprint density at radius 2 is 1.79 bits per heavy atom. The molecular weight excluding hydrogens is 505 g/mol. The largest absolute Gasteiger partial charge is 0.454 e. The third kappa shape index (κ3) is 4.16. The van der Waals surface area contributed by atoms with Gasteiger partial charge in [0.15, 0.2) is 11.5 Å². The third-order valence-corrected chi connectivity index (χ3v) is 7.74. The Morgan fingerprint density at radius 3 is 2.62 bits per heavy atom. The van der Waals surface area contributed by atoms with Crippen molar-refractivity contribution in [2.75, 3.05) is 49.3 Å². The fourth-order valence-corrected chi connectivity index (χ4v) is 5.78. The van der Waals surface area contributed by atoms with Crippen LogP contribution < -0.4 is 19.3 Å². The minimum atomic E-state index is -0.381. The summed E-state index contributed by atoms with van der Waals surface area (Å²) in [6, 6.07) is 11.0. The Morgan fingerprint density at radius 1 is 1.00 bits per heavy atom. The number of anilines is 2. The van der Waals surface area contributed by atoms with E-state index in [9.17, 15) is 14.5 Å². The standard InChI is InChI=1S/C27H26FN7O4/c28-20-3-1-2-18-19-14-34(7-6-21(19)31-24(18)20)27-25(35(36)37)26(29-15-30-27)33-10-8-32(9-11-33)13-17-4-5-22-23(12-17)39-16-38-22/h1-5,12,15,31H,6-11,13-14,16H2. The number of aromatic amines is 1. The number of nitrogens with one attached hydrogen (secondary N) is 1. The van der Waals surface area contributed by atoms with Crippen LogP contribution in [0.4, 0.5) is 21.7 Å². The molecule has 4 aromatic rings. The van der Waals surface area contributed by atoms with E-state index in [1.807, 2.05) is 34.1 Å². The van der Waals surface area contributed by atoms with Gasteiger partial charge in [-0.1, -0.05) is 18.2 Å². The van der Waals surface area contributed by atoms with E-state index in [1.165, 1.54) is 12.4 Å². The number of H-pyrrole nitrogens is 1. The molecule has 12 heteroatoms. The van der Waals surface area contributed by atoms with Gasteiger partial charge in [-0.25, -0.2) is 14.4 Å². The molecule has 0 bridgehead atoms. The van der Waals surface area contributed by atoms with Gasteiger partial charge in [-0.05, 0) is 23.8 Å². The van der Waals surface area contributed by atoms with E-state index >= 15 is 0 Å². The molecule has 1 fully saturated rings. The van der Waals surface area contributed by atoms with Crippen molar-refractivity contribution in [3.05, 3.63) is 75.5 Å². The summed E-state index contributed by atoms with van der Waals surface area (Å²) in [5.41, 5.74) is 3.42. The molecular formula is C27H26FN7O4. The molecule has 1 saturated heterocycles. The van der Waals surface area contributed by atoms with E-state index in [2.05, 4.69) is 19.9 Å². The second-order valence-corrected chi connectivity index (χ2v) is 9.99. The number of para-hydroxylation sites is 1. The lowest BCUT2D eigenvalue weighted by Crippen LogP contribution is -2.46. The fourth-order valence-electron chi connectivity index (χ4n) is 5.78. The molecule has 2 aromatic carbocycles. The first-order valence-electron chi connectivity index (χ1n) is 12.9. The second-order valence-electron chi connectivity index (χ2n) is 9.99. The number of hydrogen-bond acceptors (Lipinski definition) is 9. The zero-order chi connectivity index (χ0) is 26.5. The van der Waals surface area contributed by atoms with Crippen molar-refractivity contribution in [1.29, 1.82) is 0 Å². The molecule has 7 rings (SSSR count). The first-order chi connectivity index (χ1) is 19.0. The molecule has 200 valence electrons. The van der Waals surface area contributed by atoms with Gasteiger partial charge in [-0.2, -0.15) is 0 Å². The molecule has 0 unspecified atom stereocenters. The topological polar surface area (TPSA) is 113 Å². The molecule has 39 heavy (non-hydrogen) atoms. The molecule has 5 heterocycles. The number of hydrogen-bond donors (Lipinski definition) is 1. The maximum Gasteiger partial charge on any atom is 0.353 e. The summed E-state index contributed by atoms with van der Waals surface area (Å²) in [5, 5.41) is 13.2. The van der Waals surface area contributed by atoms with Gasteiger partial charge in [-0.15, -0.1) is 0 Å². The number of ether oxygens (including phenoxy) is 2. The van der Waals surface area contributed by atoms with Crippen LogP contribution in [0.1, 0.15) is 16.8 Å². The predicted octanol–water partition coefficient (Wildman–Crippen LogP) is 3.62. The smallest absolute Gasteiger partial charge is 0.353 e. The normalized spacial score (nSPS) is 17.1. The van der Waals surface area contributed by atoms with E-state index in [0.29, 0.717) is 49.8 Å².